The highest BCUT2D eigenvalue weighted by Crippen LogP contribution is 2.20. The standard InChI is InChI=1S/C13H14N6/c1-2-19-9-16-18-13(19)8-14-12-7-15-17-11-6-4-3-5-10(11)12/h3-7,9H,2,8H2,1H3,(H,14,17). The molecule has 0 radical (unpaired) electrons. The first-order valence-electron chi connectivity index (χ1n) is 6.19. The number of benzene rings is 1. The summed E-state index contributed by atoms with van der Waals surface area (Å²) in [5.41, 5.74) is 1.83. The second-order valence-electron chi connectivity index (χ2n) is 4.16. The molecule has 0 saturated heterocycles. The number of nitrogens with zero attached hydrogens (tertiary/aromatic N) is 5. The Morgan fingerprint density at radius 1 is 1.16 bits per heavy atom. The van der Waals surface area contributed by atoms with Crippen LogP contribution in [0.2, 0.25) is 0 Å². The van der Waals surface area contributed by atoms with E-state index in [9.17, 15) is 0 Å². The summed E-state index contributed by atoms with van der Waals surface area (Å²) < 4.78 is 2.00. The van der Waals surface area contributed by atoms with E-state index >= 15 is 0 Å². The van der Waals surface area contributed by atoms with Crippen molar-refractivity contribution in [1.82, 2.24) is 25.0 Å². The highest BCUT2D eigenvalue weighted by Gasteiger charge is 2.05. The van der Waals surface area contributed by atoms with Crippen LogP contribution in [0.25, 0.3) is 10.9 Å². The van der Waals surface area contributed by atoms with Crippen molar-refractivity contribution in [3.8, 4) is 0 Å². The van der Waals surface area contributed by atoms with Crippen LogP contribution in [0.15, 0.2) is 36.8 Å². The third-order valence-electron chi connectivity index (χ3n) is 3.02. The number of aromatic nitrogens is 5. The third kappa shape index (κ3) is 2.24. The van der Waals surface area contributed by atoms with E-state index in [1.54, 1.807) is 12.5 Å². The molecule has 2 aromatic heterocycles. The molecule has 0 fully saturated rings. The molecule has 3 rings (SSSR count). The van der Waals surface area contributed by atoms with Crippen molar-refractivity contribution in [2.24, 2.45) is 0 Å². The third-order valence-corrected chi connectivity index (χ3v) is 3.02. The number of rotatable bonds is 4. The summed E-state index contributed by atoms with van der Waals surface area (Å²) in [6.07, 6.45) is 3.47. The van der Waals surface area contributed by atoms with Crippen LogP contribution in [0.5, 0.6) is 0 Å². The maximum atomic E-state index is 4.10. The molecule has 2 heterocycles. The van der Waals surface area contributed by atoms with Gasteiger partial charge in [-0.05, 0) is 13.0 Å². The SMILES string of the molecule is CCn1cnnc1CNc1cnnc2ccccc12. The van der Waals surface area contributed by atoms with Crippen molar-refractivity contribution in [2.75, 3.05) is 5.32 Å². The van der Waals surface area contributed by atoms with E-state index < -0.39 is 0 Å². The summed E-state index contributed by atoms with van der Waals surface area (Å²) in [6.45, 7) is 3.54. The van der Waals surface area contributed by atoms with Gasteiger partial charge in [-0.25, -0.2) is 0 Å². The fourth-order valence-electron chi connectivity index (χ4n) is 2.00. The normalized spacial score (nSPS) is 10.8. The lowest BCUT2D eigenvalue weighted by atomic mass is 10.2. The minimum atomic E-state index is 0.615. The lowest BCUT2D eigenvalue weighted by Crippen LogP contribution is -2.08. The lowest BCUT2D eigenvalue weighted by Gasteiger charge is -2.08. The van der Waals surface area contributed by atoms with Gasteiger partial charge in [-0.15, -0.1) is 10.2 Å². The number of anilines is 1. The Balaban J connectivity index is 1.86. The van der Waals surface area contributed by atoms with Crippen LogP contribution in [0.4, 0.5) is 5.69 Å². The van der Waals surface area contributed by atoms with Crippen LogP contribution in [0.1, 0.15) is 12.7 Å². The first-order valence-corrected chi connectivity index (χ1v) is 6.19. The average molecular weight is 254 g/mol. The molecule has 0 aliphatic heterocycles. The van der Waals surface area contributed by atoms with Crippen LogP contribution in [0, 0.1) is 0 Å². The van der Waals surface area contributed by atoms with E-state index in [1.165, 1.54) is 0 Å². The van der Waals surface area contributed by atoms with Gasteiger partial charge in [-0.2, -0.15) is 10.2 Å². The number of aryl methyl sites for hydroxylation is 1. The minimum Gasteiger partial charge on any atom is -0.376 e. The summed E-state index contributed by atoms with van der Waals surface area (Å²) in [7, 11) is 0. The zero-order chi connectivity index (χ0) is 13.1. The Hall–Kier alpha value is -2.50. The Morgan fingerprint density at radius 2 is 2.05 bits per heavy atom. The van der Waals surface area contributed by atoms with E-state index in [0.717, 1.165) is 29.0 Å². The van der Waals surface area contributed by atoms with Crippen LogP contribution in [-0.2, 0) is 13.1 Å². The molecular weight excluding hydrogens is 240 g/mol. The summed E-state index contributed by atoms with van der Waals surface area (Å²) >= 11 is 0. The molecule has 19 heavy (non-hydrogen) atoms. The molecule has 1 aromatic carbocycles. The van der Waals surface area contributed by atoms with Gasteiger partial charge in [0.25, 0.3) is 0 Å². The molecule has 0 unspecified atom stereocenters. The second kappa shape index (κ2) is 5.01. The van der Waals surface area contributed by atoms with Crippen molar-refractivity contribution in [3.63, 3.8) is 0 Å². The highest BCUT2D eigenvalue weighted by molar-refractivity contribution is 5.90. The van der Waals surface area contributed by atoms with Crippen molar-refractivity contribution in [1.29, 1.82) is 0 Å². The molecule has 0 spiro atoms. The zero-order valence-corrected chi connectivity index (χ0v) is 10.6. The van der Waals surface area contributed by atoms with Crippen LogP contribution in [0.3, 0.4) is 0 Å². The van der Waals surface area contributed by atoms with Gasteiger partial charge < -0.3 is 9.88 Å². The van der Waals surface area contributed by atoms with Gasteiger partial charge in [0, 0.05) is 11.9 Å². The molecule has 0 atom stereocenters. The predicted molar refractivity (Wildman–Crippen MR) is 72.6 cm³/mol. The first kappa shape index (κ1) is 11.6. The largest absolute Gasteiger partial charge is 0.376 e. The molecule has 6 nitrogen and oxygen atoms in total. The zero-order valence-electron chi connectivity index (χ0n) is 10.6. The average Bonchev–Trinajstić information content (AvgIpc) is 2.92. The van der Waals surface area contributed by atoms with Gasteiger partial charge in [-0.3, -0.25) is 0 Å². The summed E-state index contributed by atoms with van der Waals surface area (Å²) in [4.78, 5) is 0. The van der Waals surface area contributed by atoms with E-state index in [1.807, 2.05) is 28.8 Å². The lowest BCUT2D eigenvalue weighted by molar-refractivity contribution is 0.708. The first-order chi connectivity index (χ1) is 9.38. The molecule has 0 bridgehead atoms. The van der Waals surface area contributed by atoms with Crippen LogP contribution < -0.4 is 5.32 Å². The molecule has 0 aliphatic rings. The molecule has 96 valence electrons. The second-order valence-corrected chi connectivity index (χ2v) is 4.16. The Bertz CT molecular complexity index is 685. The van der Waals surface area contributed by atoms with E-state index in [0.29, 0.717) is 6.54 Å². The maximum Gasteiger partial charge on any atom is 0.152 e. The van der Waals surface area contributed by atoms with Crippen molar-refractivity contribution in [2.45, 2.75) is 20.0 Å². The van der Waals surface area contributed by atoms with E-state index in [4.69, 9.17) is 0 Å². The van der Waals surface area contributed by atoms with Gasteiger partial charge >= 0.3 is 0 Å². The Kier molecular flexibility index (Phi) is 3.06. The molecule has 0 saturated carbocycles. The minimum absolute atomic E-state index is 0.615. The topological polar surface area (TPSA) is 68.5 Å². The van der Waals surface area contributed by atoms with Gasteiger partial charge in [0.15, 0.2) is 5.82 Å². The van der Waals surface area contributed by atoms with Crippen molar-refractivity contribution < 1.29 is 0 Å². The Morgan fingerprint density at radius 3 is 2.95 bits per heavy atom. The summed E-state index contributed by atoms with van der Waals surface area (Å²) in [5, 5.41) is 20.5. The van der Waals surface area contributed by atoms with Crippen LogP contribution in [-0.4, -0.2) is 25.0 Å². The summed E-state index contributed by atoms with van der Waals surface area (Å²) in [6, 6.07) is 7.91. The van der Waals surface area contributed by atoms with E-state index in [-0.39, 0.29) is 0 Å². The molecular formula is C13H14N6. The number of hydrogen-bond donors (Lipinski definition) is 1. The molecule has 3 aromatic rings. The van der Waals surface area contributed by atoms with Gasteiger partial charge in [0.05, 0.1) is 23.9 Å². The Labute approximate surface area is 110 Å². The monoisotopic (exact) mass is 254 g/mol. The number of hydrogen-bond acceptors (Lipinski definition) is 5. The quantitative estimate of drug-likeness (QED) is 0.769. The van der Waals surface area contributed by atoms with E-state index in [2.05, 4.69) is 32.6 Å². The molecule has 1 N–H and O–H groups in total. The fraction of sp³-hybridized carbons (Fsp3) is 0.231. The fourth-order valence-corrected chi connectivity index (χ4v) is 2.00. The van der Waals surface area contributed by atoms with Gasteiger partial charge in [-0.1, -0.05) is 18.2 Å². The number of fused-ring (bicyclic) bond motifs is 1. The van der Waals surface area contributed by atoms with Crippen molar-refractivity contribution in [3.05, 3.63) is 42.6 Å². The van der Waals surface area contributed by atoms with Crippen LogP contribution >= 0.6 is 0 Å². The highest BCUT2D eigenvalue weighted by atomic mass is 15.3. The predicted octanol–water partition coefficient (Wildman–Crippen LogP) is 1.85. The maximum absolute atomic E-state index is 4.10. The summed E-state index contributed by atoms with van der Waals surface area (Å²) in [5.74, 6) is 0.906. The smallest absolute Gasteiger partial charge is 0.152 e. The molecule has 0 amide bonds. The molecule has 0 aliphatic carbocycles. The van der Waals surface area contributed by atoms with Crippen molar-refractivity contribution >= 4 is 16.6 Å². The number of nitrogens with one attached hydrogen (secondary N) is 1. The molecule has 6 heteroatoms. The van der Waals surface area contributed by atoms with Gasteiger partial charge in [0.2, 0.25) is 0 Å². The van der Waals surface area contributed by atoms with Gasteiger partial charge in [0.1, 0.15) is 6.33 Å².